The van der Waals surface area contributed by atoms with E-state index in [0.717, 1.165) is 12.8 Å². The van der Waals surface area contributed by atoms with Crippen molar-refractivity contribution in [3.63, 3.8) is 0 Å². The Labute approximate surface area is 110 Å². The molecule has 0 aliphatic rings. The van der Waals surface area contributed by atoms with Gasteiger partial charge < -0.3 is 4.55 Å². The number of hydrogen-bond donors (Lipinski definition) is 0. The second-order valence-corrected chi connectivity index (χ2v) is 5.91. The van der Waals surface area contributed by atoms with Gasteiger partial charge in [0, 0.05) is 5.75 Å². The van der Waals surface area contributed by atoms with Crippen LogP contribution in [0.2, 0.25) is 0 Å². The Balaban J connectivity index is 2.91. The molecular formula is C14H29O2S-. The van der Waals surface area contributed by atoms with Gasteiger partial charge in [-0.2, -0.15) is 0 Å². The van der Waals surface area contributed by atoms with Crippen LogP contribution in [0.15, 0.2) is 0 Å². The van der Waals surface area contributed by atoms with Crippen LogP contribution in [0.5, 0.6) is 0 Å². The van der Waals surface area contributed by atoms with E-state index < -0.39 is 11.1 Å². The molecule has 0 saturated heterocycles. The van der Waals surface area contributed by atoms with Gasteiger partial charge in [-0.05, 0) is 6.42 Å². The third-order valence-corrected chi connectivity index (χ3v) is 3.79. The highest BCUT2D eigenvalue weighted by Crippen LogP contribution is 2.11. The number of unbranched alkanes of at least 4 members (excludes halogenated alkanes) is 11. The van der Waals surface area contributed by atoms with Gasteiger partial charge in [0.05, 0.1) is 0 Å². The molecule has 0 heterocycles. The molecule has 0 N–H and O–H groups in total. The molecule has 0 aromatic carbocycles. The third kappa shape index (κ3) is 16.1. The Morgan fingerprint density at radius 2 is 1.06 bits per heavy atom. The van der Waals surface area contributed by atoms with Crippen molar-refractivity contribution >= 4 is 11.1 Å². The summed E-state index contributed by atoms with van der Waals surface area (Å²) in [6.45, 7) is 2.25. The van der Waals surface area contributed by atoms with Crippen molar-refractivity contribution in [1.29, 1.82) is 0 Å². The molecule has 1 atom stereocenters. The fraction of sp³-hybridized carbons (Fsp3) is 1.00. The Morgan fingerprint density at radius 3 is 1.41 bits per heavy atom. The Morgan fingerprint density at radius 1 is 0.706 bits per heavy atom. The monoisotopic (exact) mass is 261 g/mol. The van der Waals surface area contributed by atoms with Crippen molar-refractivity contribution in [3.8, 4) is 0 Å². The molecule has 3 heteroatoms. The summed E-state index contributed by atoms with van der Waals surface area (Å²) < 4.78 is 20.6. The van der Waals surface area contributed by atoms with Crippen molar-refractivity contribution in [2.45, 2.75) is 84.0 Å². The van der Waals surface area contributed by atoms with Crippen LogP contribution in [-0.2, 0) is 11.1 Å². The molecule has 2 nitrogen and oxygen atoms in total. The lowest BCUT2D eigenvalue weighted by Crippen LogP contribution is -1.94. The minimum atomic E-state index is -1.83. The van der Waals surface area contributed by atoms with Gasteiger partial charge in [0.25, 0.3) is 0 Å². The molecule has 0 rings (SSSR count). The Hall–Kier alpha value is 0.110. The van der Waals surface area contributed by atoms with E-state index >= 15 is 0 Å². The molecule has 0 saturated carbocycles. The first-order valence-electron chi connectivity index (χ1n) is 7.33. The number of rotatable bonds is 13. The van der Waals surface area contributed by atoms with Crippen LogP contribution in [0.25, 0.3) is 0 Å². The zero-order valence-corrected chi connectivity index (χ0v) is 12.2. The molecule has 0 aromatic heterocycles. The molecule has 0 spiro atoms. The molecule has 0 amide bonds. The van der Waals surface area contributed by atoms with E-state index in [1.54, 1.807) is 0 Å². The standard InChI is InChI=1S/C14H30O2S/c1-2-3-4-5-6-7-8-9-10-11-12-13-14-17(15)16/h2-14H2,1H3,(H,15,16)/p-1. The Bertz CT molecular complexity index is 172. The van der Waals surface area contributed by atoms with Gasteiger partial charge in [-0.25, -0.2) is 0 Å². The maximum Gasteiger partial charge on any atom is 0.0102 e. The van der Waals surface area contributed by atoms with Crippen molar-refractivity contribution < 1.29 is 8.76 Å². The van der Waals surface area contributed by atoms with E-state index in [4.69, 9.17) is 0 Å². The van der Waals surface area contributed by atoms with Crippen LogP contribution in [0.3, 0.4) is 0 Å². The zero-order chi connectivity index (χ0) is 12.8. The quantitative estimate of drug-likeness (QED) is 0.360. The van der Waals surface area contributed by atoms with Crippen molar-refractivity contribution in [1.82, 2.24) is 0 Å². The second-order valence-electron chi connectivity index (χ2n) is 4.90. The van der Waals surface area contributed by atoms with Crippen molar-refractivity contribution in [2.24, 2.45) is 0 Å². The van der Waals surface area contributed by atoms with Gasteiger partial charge in [0.1, 0.15) is 0 Å². The van der Waals surface area contributed by atoms with E-state index in [2.05, 4.69) is 6.92 Å². The predicted octanol–water partition coefficient (Wildman–Crippen LogP) is 4.57. The van der Waals surface area contributed by atoms with Gasteiger partial charge in [-0.15, -0.1) is 0 Å². The molecule has 0 fully saturated rings. The van der Waals surface area contributed by atoms with Crippen LogP contribution in [0, 0.1) is 0 Å². The average molecular weight is 261 g/mol. The van der Waals surface area contributed by atoms with Gasteiger partial charge in [0.15, 0.2) is 0 Å². The molecule has 0 aliphatic carbocycles. The zero-order valence-electron chi connectivity index (χ0n) is 11.4. The summed E-state index contributed by atoms with van der Waals surface area (Å²) >= 11 is -1.83. The fourth-order valence-electron chi connectivity index (χ4n) is 2.06. The first kappa shape index (κ1) is 17.1. The molecule has 0 aliphatic heterocycles. The number of hydrogen-bond acceptors (Lipinski definition) is 2. The summed E-state index contributed by atoms with van der Waals surface area (Å²) in [7, 11) is 0. The lowest BCUT2D eigenvalue weighted by Gasteiger charge is -2.04. The second kappa shape index (κ2) is 14.2. The largest absolute Gasteiger partial charge is 0.772 e. The minimum Gasteiger partial charge on any atom is -0.772 e. The summed E-state index contributed by atoms with van der Waals surface area (Å²) in [5.74, 6) is 0.345. The predicted molar refractivity (Wildman–Crippen MR) is 74.9 cm³/mol. The van der Waals surface area contributed by atoms with Crippen LogP contribution in [-0.4, -0.2) is 14.5 Å². The molecule has 0 radical (unpaired) electrons. The molecule has 1 unspecified atom stereocenters. The smallest absolute Gasteiger partial charge is 0.0102 e. The lowest BCUT2D eigenvalue weighted by atomic mass is 10.1. The van der Waals surface area contributed by atoms with E-state index in [0.29, 0.717) is 5.75 Å². The fourth-order valence-corrected chi connectivity index (χ4v) is 2.50. The summed E-state index contributed by atoms with van der Waals surface area (Å²) in [6, 6.07) is 0. The summed E-state index contributed by atoms with van der Waals surface area (Å²) in [4.78, 5) is 0. The van der Waals surface area contributed by atoms with Gasteiger partial charge in [-0.3, -0.25) is 4.21 Å². The normalized spacial score (nSPS) is 12.8. The van der Waals surface area contributed by atoms with Crippen LogP contribution in [0.4, 0.5) is 0 Å². The van der Waals surface area contributed by atoms with Crippen molar-refractivity contribution in [3.05, 3.63) is 0 Å². The summed E-state index contributed by atoms with van der Waals surface area (Å²) in [5, 5.41) is 0. The SMILES string of the molecule is CCCCCCCCCCCCCCS(=O)[O-]. The highest BCUT2D eigenvalue weighted by atomic mass is 32.2. The van der Waals surface area contributed by atoms with E-state index in [-0.39, 0.29) is 0 Å². The first-order chi connectivity index (χ1) is 8.27. The highest BCUT2D eigenvalue weighted by Gasteiger charge is 1.93. The minimum absolute atomic E-state index is 0.345. The van der Waals surface area contributed by atoms with Crippen LogP contribution >= 0.6 is 0 Å². The summed E-state index contributed by atoms with van der Waals surface area (Å²) in [5.41, 5.74) is 0. The van der Waals surface area contributed by atoms with E-state index in [9.17, 15) is 8.76 Å². The third-order valence-electron chi connectivity index (χ3n) is 3.16. The van der Waals surface area contributed by atoms with E-state index in [1.807, 2.05) is 0 Å². The maximum absolute atomic E-state index is 10.3. The van der Waals surface area contributed by atoms with E-state index in [1.165, 1.54) is 64.2 Å². The molecular weight excluding hydrogens is 232 g/mol. The molecule has 0 bridgehead atoms. The van der Waals surface area contributed by atoms with Crippen LogP contribution in [0.1, 0.15) is 84.0 Å². The molecule has 0 aromatic rings. The van der Waals surface area contributed by atoms with Crippen molar-refractivity contribution in [2.75, 3.05) is 5.75 Å². The Kier molecular flexibility index (Phi) is 14.3. The summed E-state index contributed by atoms with van der Waals surface area (Å²) in [6.07, 6.45) is 15.4. The average Bonchev–Trinajstić information content (AvgIpc) is 2.30. The molecule has 17 heavy (non-hydrogen) atoms. The van der Waals surface area contributed by atoms with Gasteiger partial charge in [0.2, 0.25) is 0 Å². The van der Waals surface area contributed by atoms with Gasteiger partial charge in [-0.1, -0.05) is 88.6 Å². The first-order valence-corrected chi connectivity index (χ1v) is 8.57. The van der Waals surface area contributed by atoms with Crippen LogP contribution < -0.4 is 0 Å². The molecule has 104 valence electrons. The van der Waals surface area contributed by atoms with Gasteiger partial charge >= 0.3 is 0 Å². The maximum atomic E-state index is 10.3. The topological polar surface area (TPSA) is 40.1 Å². The lowest BCUT2D eigenvalue weighted by molar-refractivity contribution is 0.527. The highest BCUT2D eigenvalue weighted by molar-refractivity contribution is 7.79.